The van der Waals surface area contributed by atoms with Crippen LogP contribution in [-0.4, -0.2) is 9.97 Å². The first-order chi connectivity index (χ1) is 8.93. The zero-order chi connectivity index (χ0) is 12.5. The van der Waals surface area contributed by atoms with Crippen molar-refractivity contribution in [2.24, 2.45) is 0 Å². The molecule has 0 saturated heterocycles. The molecule has 90 valence electrons. The topological polar surface area (TPSA) is 31.6 Å². The Bertz CT molecular complexity index is 736. The summed E-state index contributed by atoms with van der Waals surface area (Å²) in [4.78, 5) is 6.94. The Balaban J connectivity index is 0.000000478. The van der Waals surface area contributed by atoms with E-state index in [2.05, 4.69) is 58.5 Å². The number of para-hydroxylation sites is 2. The first-order valence-corrected chi connectivity index (χ1v) is 6.40. The molecule has 0 radical (unpaired) electrons. The largest absolute Gasteiger partial charge is 0.353 e. The van der Waals surface area contributed by atoms with Crippen molar-refractivity contribution in [1.29, 1.82) is 0 Å². The van der Waals surface area contributed by atoms with Crippen LogP contribution in [0.1, 0.15) is 13.8 Å². The monoisotopic (exact) mass is 236 g/mol. The van der Waals surface area contributed by atoms with E-state index in [1.807, 2.05) is 13.8 Å². The zero-order valence-corrected chi connectivity index (χ0v) is 10.6. The third kappa shape index (κ3) is 1.42. The molecule has 4 aromatic rings. The average Bonchev–Trinajstić information content (AvgIpc) is 2.97. The van der Waals surface area contributed by atoms with Crippen molar-refractivity contribution in [3.05, 3.63) is 48.5 Å². The predicted molar refractivity (Wildman–Crippen MR) is 79.0 cm³/mol. The number of hydrogen-bond acceptors (Lipinski definition) is 0. The quantitative estimate of drug-likeness (QED) is 0.438. The first-order valence-electron chi connectivity index (χ1n) is 6.40. The lowest BCUT2D eigenvalue weighted by molar-refractivity contribution is 1.50. The summed E-state index contributed by atoms with van der Waals surface area (Å²) in [5, 5.41) is 2.52. The maximum Gasteiger partial charge on any atom is 0.0725 e. The highest BCUT2D eigenvalue weighted by Crippen LogP contribution is 2.30. The van der Waals surface area contributed by atoms with Crippen LogP contribution in [0.2, 0.25) is 0 Å². The number of aromatic nitrogens is 2. The minimum atomic E-state index is 1.19. The third-order valence-corrected chi connectivity index (χ3v) is 3.16. The van der Waals surface area contributed by atoms with E-state index in [9.17, 15) is 0 Å². The van der Waals surface area contributed by atoms with Crippen molar-refractivity contribution in [3.63, 3.8) is 0 Å². The van der Waals surface area contributed by atoms with E-state index >= 15 is 0 Å². The Morgan fingerprint density at radius 3 is 1.44 bits per heavy atom. The van der Waals surface area contributed by atoms with Crippen molar-refractivity contribution in [1.82, 2.24) is 9.97 Å². The lowest BCUT2D eigenvalue weighted by Gasteiger charge is -1.89. The van der Waals surface area contributed by atoms with E-state index in [4.69, 9.17) is 0 Å². The third-order valence-electron chi connectivity index (χ3n) is 3.16. The molecule has 2 N–H and O–H groups in total. The molecule has 0 aliphatic heterocycles. The molecule has 0 amide bonds. The van der Waals surface area contributed by atoms with Gasteiger partial charge in [0, 0.05) is 21.8 Å². The van der Waals surface area contributed by atoms with E-state index in [0.717, 1.165) is 0 Å². The summed E-state index contributed by atoms with van der Waals surface area (Å²) in [7, 11) is 0. The van der Waals surface area contributed by atoms with E-state index in [-0.39, 0.29) is 0 Å². The van der Waals surface area contributed by atoms with Gasteiger partial charge in [-0.25, -0.2) is 0 Å². The van der Waals surface area contributed by atoms with Crippen molar-refractivity contribution < 1.29 is 0 Å². The Hall–Kier alpha value is -2.22. The van der Waals surface area contributed by atoms with Crippen molar-refractivity contribution in [2.75, 3.05) is 0 Å². The van der Waals surface area contributed by atoms with Gasteiger partial charge in [0.25, 0.3) is 0 Å². The number of rotatable bonds is 0. The van der Waals surface area contributed by atoms with Crippen LogP contribution in [0, 0.1) is 0 Å². The van der Waals surface area contributed by atoms with Crippen LogP contribution >= 0.6 is 0 Å². The van der Waals surface area contributed by atoms with E-state index in [1.165, 1.54) is 32.8 Å². The molecular formula is C16H16N2. The summed E-state index contributed by atoms with van der Waals surface area (Å²) in [6.45, 7) is 4.00. The zero-order valence-electron chi connectivity index (χ0n) is 10.6. The summed E-state index contributed by atoms with van der Waals surface area (Å²) in [6.07, 6.45) is 0. The molecule has 2 heterocycles. The van der Waals surface area contributed by atoms with Crippen LogP contribution in [0.4, 0.5) is 0 Å². The fraction of sp³-hybridized carbons (Fsp3) is 0.125. The highest BCUT2D eigenvalue weighted by atomic mass is 14.8. The second-order valence-corrected chi connectivity index (χ2v) is 4.09. The van der Waals surface area contributed by atoms with Gasteiger partial charge in [0.1, 0.15) is 0 Å². The van der Waals surface area contributed by atoms with Crippen molar-refractivity contribution in [2.45, 2.75) is 13.8 Å². The number of aromatic amines is 2. The Morgan fingerprint density at radius 1 is 0.611 bits per heavy atom. The maximum absolute atomic E-state index is 3.47. The minimum absolute atomic E-state index is 1.19. The summed E-state index contributed by atoms with van der Waals surface area (Å²) < 4.78 is 0. The molecule has 2 aromatic carbocycles. The number of benzene rings is 2. The number of H-pyrrole nitrogens is 2. The Morgan fingerprint density at radius 2 is 1.00 bits per heavy atom. The SMILES string of the molecule is CC.c1ccc2c(c1)[nH]c1c3ccccc3[nH]c21. The van der Waals surface area contributed by atoms with Crippen LogP contribution < -0.4 is 0 Å². The molecule has 0 saturated carbocycles. The lowest BCUT2D eigenvalue weighted by Crippen LogP contribution is -1.69. The molecule has 4 rings (SSSR count). The first kappa shape index (κ1) is 10.9. The molecular weight excluding hydrogens is 220 g/mol. The standard InChI is InChI=1S/C14H10N2.C2H6/c1-3-7-11-9(5-1)13-14(15-11)10-6-2-4-8-12(10)16-13;1-2/h1-8,15-16H;1-2H3. The molecule has 2 nitrogen and oxygen atoms in total. The molecule has 2 heteroatoms. The average molecular weight is 236 g/mol. The maximum atomic E-state index is 3.47. The molecule has 18 heavy (non-hydrogen) atoms. The minimum Gasteiger partial charge on any atom is -0.353 e. The Labute approximate surface area is 106 Å². The van der Waals surface area contributed by atoms with Gasteiger partial charge in [-0.05, 0) is 12.1 Å². The summed E-state index contributed by atoms with van der Waals surface area (Å²) in [5.41, 5.74) is 4.79. The second-order valence-electron chi connectivity index (χ2n) is 4.09. The normalized spacial score (nSPS) is 10.8. The van der Waals surface area contributed by atoms with Crippen LogP contribution in [0.3, 0.4) is 0 Å². The van der Waals surface area contributed by atoms with Gasteiger partial charge in [0.05, 0.1) is 11.0 Å². The lowest BCUT2D eigenvalue weighted by atomic mass is 10.2. The van der Waals surface area contributed by atoms with Gasteiger partial charge in [-0.3, -0.25) is 0 Å². The predicted octanol–water partition coefficient (Wildman–Crippen LogP) is 4.83. The van der Waals surface area contributed by atoms with Gasteiger partial charge >= 0.3 is 0 Å². The molecule has 0 atom stereocenters. The van der Waals surface area contributed by atoms with Crippen LogP contribution in [0.15, 0.2) is 48.5 Å². The smallest absolute Gasteiger partial charge is 0.0725 e. The van der Waals surface area contributed by atoms with E-state index < -0.39 is 0 Å². The fourth-order valence-electron chi connectivity index (χ4n) is 2.42. The number of fused-ring (bicyclic) bond motifs is 5. The molecule has 0 unspecified atom stereocenters. The summed E-state index contributed by atoms with van der Waals surface area (Å²) in [5.74, 6) is 0. The van der Waals surface area contributed by atoms with E-state index in [0.29, 0.717) is 0 Å². The molecule has 0 aliphatic carbocycles. The number of nitrogens with one attached hydrogen (secondary N) is 2. The van der Waals surface area contributed by atoms with Gasteiger partial charge < -0.3 is 9.97 Å². The molecule has 0 aliphatic rings. The van der Waals surface area contributed by atoms with E-state index in [1.54, 1.807) is 0 Å². The van der Waals surface area contributed by atoms with Crippen LogP contribution in [0.25, 0.3) is 32.8 Å². The Kier molecular flexibility index (Phi) is 2.56. The fourth-order valence-corrected chi connectivity index (χ4v) is 2.42. The van der Waals surface area contributed by atoms with Gasteiger partial charge in [-0.1, -0.05) is 50.2 Å². The van der Waals surface area contributed by atoms with Gasteiger partial charge in [0.15, 0.2) is 0 Å². The van der Waals surface area contributed by atoms with Gasteiger partial charge in [-0.2, -0.15) is 0 Å². The summed E-state index contributed by atoms with van der Waals surface area (Å²) in [6, 6.07) is 16.8. The van der Waals surface area contributed by atoms with Crippen LogP contribution in [-0.2, 0) is 0 Å². The molecule has 0 fully saturated rings. The highest BCUT2D eigenvalue weighted by Gasteiger charge is 2.08. The number of hydrogen-bond donors (Lipinski definition) is 2. The van der Waals surface area contributed by atoms with Gasteiger partial charge in [0.2, 0.25) is 0 Å². The molecule has 2 aromatic heterocycles. The van der Waals surface area contributed by atoms with Crippen LogP contribution in [0.5, 0.6) is 0 Å². The van der Waals surface area contributed by atoms with Gasteiger partial charge in [-0.15, -0.1) is 0 Å². The second kappa shape index (κ2) is 4.22. The highest BCUT2D eigenvalue weighted by molar-refractivity contribution is 6.16. The molecule has 0 bridgehead atoms. The molecule has 0 spiro atoms. The van der Waals surface area contributed by atoms with Crippen molar-refractivity contribution >= 4 is 32.8 Å². The summed E-state index contributed by atoms with van der Waals surface area (Å²) >= 11 is 0. The van der Waals surface area contributed by atoms with Crippen molar-refractivity contribution in [3.8, 4) is 0 Å².